The Morgan fingerprint density at radius 1 is 1.23 bits per heavy atom. The van der Waals surface area contributed by atoms with Crippen molar-refractivity contribution in [3.05, 3.63) is 59.2 Å². The molecule has 0 spiro atoms. The Bertz CT molecular complexity index is 893. The van der Waals surface area contributed by atoms with Crippen LogP contribution in [0.2, 0.25) is 0 Å². The number of hydrogen-bond donors (Lipinski definition) is 2. The number of nitrogens with one attached hydrogen (secondary N) is 2. The summed E-state index contributed by atoms with van der Waals surface area (Å²) in [6, 6.07) is 13.6. The van der Waals surface area contributed by atoms with Crippen LogP contribution in [-0.2, 0) is 11.3 Å². The number of hydrogen-bond acceptors (Lipinski definition) is 5. The Balaban J connectivity index is 1.60. The van der Waals surface area contributed by atoms with Crippen molar-refractivity contribution in [1.82, 2.24) is 25.9 Å². The highest BCUT2D eigenvalue weighted by Gasteiger charge is 2.15. The third kappa shape index (κ3) is 4.24. The number of aryl methyl sites for hydroxylation is 2. The second-order valence-electron chi connectivity index (χ2n) is 6.18. The predicted octanol–water partition coefficient (Wildman–Crippen LogP) is 2.57. The van der Waals surface area contributed by atoms with Gasteiger partial charge in [-0.3, -0.25) is 4.79 Å². The third-order valence-electron chi connectivity index (χ3n) is 4.01. The number of tetrazole rings is 1. The van der Waals surface area contributed by atoms with Crippen LogP contribution < -0.4 is 10.1 Å². The van der Waals surface area contributed by atoms with E-state index in [0.717, 1.165) is 28.0 Å². The minimum absolute atomic E-state index is 0.170. The van der Waals surface area contributed by atoms with Crippen LogP contribution in [0.1, 0.15) is 23.6 Å². The van der Waals surface area contributed by atoms with E-state index in [1.165, 1.54) is 0 Å². The Labute approximate surface area is 151 Å². The van der Waals surface area contributed by atoms with Crippen LogP contribution in [-0.4, -0.2) is 32.6 Å². The van der Waals surface area contributed by atoms with Crippen LogP contribution in [0, 0.1) is 13.8 Å². The molecule has 0 unspecified atom stereocenters. The van der Waals surface area contributed by atoms with E-state index in [1.54, 1.807) is 6.92 Å². The fourth-order valence-corrected chi connectivity index (χ4v) is 2.52. The van der Waals surface area contributed by atoms with Crippen molar-refractivity contribution in [3.63, 3.8) is 0 Å². The molecule has 1 amide bonds. The minimum atomic E-state index is -0.587. The van der Waals surface area contributed by atoms with E-state index in [9.17, 15) is 4.79 Å². The lowest BCUT2D eigenvalue weighted by Gasteiger charge is -2.17. The van der Waals surface area contributed by atoms with Crippen LogP contribution in [0.3, 0.4) is 0 Å². The zero-order chi connectivity index (χ0) is 18.5. The molecule has 7 heteroatoms. The molecule has 7 nitrogen and oxygen atoms in total. The first kappa shape index (κ1) is 17.6. The average molecular weight is 351 g/mol. The largest absolute Gasteiger partial charge is 0.481 e. The first-order valence-electron chi connectivity index (χ1n) is 8.37. The number of carbonyl (C=O) groups excluding carboxylic acids is 1. The fraction of sp³-hybridized carbons (Fsp3) is 0.263. The van der Waals surface area contributed by atoms with Crippen LogP contribution in [0.4, 0.5) is 0 Å². The number of aromatic nitrogens is 4. The predicted molar refractivity (Wildman–Crippen MR) is 97.5 cm³/mol. The monoisotopic (exact) mass is 351 g/mol. The van der Waals surface area contributed by atoms with Gasteiger partial charge in [-0.15, -0.1) is 10.2 Å². The molecule has 1 aromatic heterocycles. The van der Waals surface area contributed by atoms with Gasteiger partial charge in [0, 0.05) is 12.1 Å². The normalized spacial score (nSPS) is 11.8. The first-order valence-corrected chi connectivity index (χ1v) is 8.37. The Hall–Kier alpha value is -3.22. The molecule has 2 aromatic carbocycles. The SMILES string of the molecule is Cc1ccc(C)c(O[C@@H](C)C(=O)NCc2cccc(-c3nn[nH]n3)c2)c1. The van der Waals surface area contributed by atoms with E-state index in [2.05, 4.69) is 25.9 Å². The topological polar surface area (TPSA) is 92.8 Å². The maximum Gasteiger partial charge on any atom is 0.261 e. The molecule has 0 aliphatic rings. The first-order chi connectivity index (χ1) is 12.5. The summed E-state index contributed by atoms with van der Waals surface area (Å²) in [6.07, 6.45) is -0.587. The highest BCUT2D eigenvalue weighted by Crippen LogP contribution is 2.20. The molecule has 26 heavy (non-hydrogen) atoms. The number of aromatic amines is 1. The summed E-state index contributed by atoms with van der Waals surface area (Å²) in [5.74, 6) is 1.08. The zero-order valence-electron chi connectivity index (χ0n) is 15.0. The molecule has 1 heterocycles. The van der Waals surface area contributed by atoms with Gasteiger partial charge in [-0.05, 0) is 54.8 Å². The summed E-state index contributed by atoms with van der Waals surface area (Å²) < 4.78 is 5.81. The van der Waals surface area contributed by atoms with Gasteiger partial charge in [0.05, 0.1) is 0 Å². The number of benzene rings is 2. The second-order valence-corrected chi connectivity index (χ2v) is 6.18. The molecule has 0 radical (unpaired) electrons. The van der Waals surface area contributed by atoms with Gasteiger partial charge in [-0.25, -0.2) is 0 Å². The number of ether oxygens (including phenoxy) is 1. The van der Waals surface area contributed by atoms with Crippen LogP contribution in [0.5, 0.6) is 5.75 Å². The van der Waals surface area contributed by atoms with Gasteiger partial charge >= 0.3 is 0 Å². The molecule has 2 N–H and O–H groups in total. The molecule has 0 fully saturated rings. The highest BCUT2D eigenvalue weighted by atomic mass is 16.5. The molecule has 0 aliphatic carbocycles. The maximum atomic E-state index is 12.4. The van der Waals surface area contributed by atoms with E-state index < -0.39 is 6.10 Å². The van der Waals surface area contributed by atoms with Gasteiger partial charge in [-0.1, -0.05) is 30.3 Å². The van der Waals surface area contributed by atoms with Crippen LogP contribution in [0.15, 0.2) is 42.5 Å². The molecule has 0 saturated heterocycles. The molecule has 134 valence electrons. The lowest BCUT2D eigenvalue weighted by molar-refractivity contribution is -0.127. The smallest absolute Gasteiger partial charge is 0.261 e. The standard InChI is InChI=1S/C19H21N5O2/c1-12-7-8-13(2)17(9-12)26-14(3)19(25)20-11-15-5-4-6-16(10-15)18-21-23-24-22-18/h4-10,14H,11H2,1-3H3,(H,20,25)(H,21,22,23,24)/t14-/m0/s1. The van der Waals surface area contributed by atoms with Crippen LogP contribution >= 0.6 is 0 Å². The summed E-state index contributed by atoms with van der Waals surface area (Å²) in [6.45, 7) is 6.09. The van der Waals surface area contributed by atoms with Gasteiger partial charge in [0.1, 0.15) is 5.75 Å². The highest BCUT2D eigenvalue weighted by molar-refractivity contribution is 5.80. The van der Waals surface area contributed by atoms with E-state index >= 15 is 0 Å². The van der Waals surface area contributed by atoms with Crippen molar-refractivity contribution < 1.29 is 9.53 Å². The number of rotatable bonds is 6. The lowest BCUT2D eigenvalue weighted by atomic mass is 10.1. The van der Waals surface area contributed by atoms with Gasteiger partial charge in [0.2, 0.25) is 5.82 Å². The number of amides is 1. The van der Waals surface area contributed by atoms with Gasteiger partial charge in [-0.2, -0.15) is 5.21 Å². The Morgan fingerprint density at radius 3 is 2.85 bits per heavy atom. The molecular weight excluding hydrogens is 330 g/mol. The second kappa shape index (κ2) is 7.77. The summed E-state index contributed by atoms with van der Waals surface area (Å²) in [5.41, 5.74) is 3.88. The van der Waals surface area contributed by atoms with E-state index in [1.807, 2.05) is 56.3 Å². The molecule has 3 aromatic rings. The van der Waals surface area contributed by atoms with Crippen molar-refractivity contribution in [2.75, 3.05) is 0 Å². The zero-order valence-corrected chi connectivity index (χ0v) is 15.0. The number of nitrogens with zero attached hydrogens (tertiary/aromatic N) is 3. The fourth-order valence-electron chi connectivity index (χ4n) is 2.52. The van der Waals surface area contributed by atoms with Crippen molar-refractivity contribution in [2.24, 2.45) is 0 Å². The third-order valence-corrected chi connectivity index (χ3v) is 4.01. The van der Waals surface area contributed by atoms with Gasteiger partial charge in [0.15, 0.2) is 6.10 Å². The van der Waals surface area contributed by atoms with Gasteiger partial charge in [0.25, 0.3) is 5.91 Å². The minimum Gasteiger partial charge on any atom is -0.481 e. The molecule has 0 bridgehead atoms. The average Bonchev–Trinajstić information content (AvgIpc) is 3.17. The van der Waals surface area contributed by atoms with Crippen molar-refractivity contribution in [1.29, 1.82) is 0 Å². The Morgan fingerprint density at radius 2 is 2.08 bits per heavy atom. The van der Waals surface area contributed by atoms with E-state index in [-0.39, 0.29) is 5.91 Å². The number of H-pyrrole nitrogens is 1. The lowest BCUT2D eigenvalue weighted by Crippen LogP contribution is -2.36. The molecule has 3 rings (SSSR count). The van der Waals surface area contributed by atoms with Crippen molar-refractivity contribution in [3.8, 4) is 17.1 Å². The van der Waals surface area contributed by atoms with Crippen molar-refractivity contribution in [2.45, 2.75) is 33.4 Å². The van der Waals surface area contributed by atoms with Gasteiger partial charge < -0.3 is 10.1 Å². The molecular formula is C19H21N5O2. The Kier molecular flexibility index (Phi) is 5.26. The molecule has 0 saturated carbocycles. The molecule has 1 atom stereocenters. The molecule has 0 aliphatic heterocycles. The van der Waals surface area contributed by atoms with Crippen molar-refractivity contribution >= 4 is 5.91 Å². The summed E-state index contributed by atoms with van der Waals surface area (Å²) in [5, 5.41) is 16.8. The summed E-state index contributed by atoms with van der Waals surface area (Å²) >= 11 is 0. The maximum absolute atomic E-state index is 12.4. The number of carbonyl (C=O) groups is 1. The van der Waals surface area contributed by atoms with Crippen LogP contribution in [0.25, 0.3) is 11.4 Å². The summed E-state index contributed by atoms with van der Waals surface area (Å²) in [7, 11) is 0. The summed E-state index contributed by atoms with van der Waals surface area (Å²) in [4.78, 5) is 12.4. The van der Waals surface area contributed by atoms with E-state index in [0.29, 0.717) is 12.4 Å². The quantitative estimate of drug-likeness (QED) is 0.712. The van der Waals surface area contributed by atoms with E-state index in [4.69, 9.17) is 4.74 Å².